The van der Waals surface area contributed by atoms with Crippen molar-refractivity contribution in [3.63, 3.8) is 0 Å². The van der Waals surface area contributed by atoms with E-state index in [-0.39, 0.29) is 5.69 Å². The molecular weight excluding hydrogens is 195 g/mol. The summed E-state index contributed by atoms with van der Waals surface area (Å²) in [6.07, 6.45) is 0.940. The molecule has 0 saturated heterocycles. The molecule has 0 atom stereocenters. The van der Waals surface area contributed by atoms with Gasteiger partial charge in [0.2, 0.25) is 10.0 Å². The van der Waals surface area contributed by atoms with E-state index in [1.807, 2.05) is 4.72 Å². The van der Waals surface area contributed by atoms with Crippen LogP contribution in [0.2, 0.25) is 0 Å². The van der Waals surface area contributed by atoms with Gasteiger partial charge in [0.15, 0.2) is 0 Å². The highest BCUT2D eigenvalue weighted by Crippen LogP contribution is 2.17. The Hall–Kier alpha value is -1.30. The molecule has 0 aliphatic rings. The molecule has 4 nitrogen and oxygen atoms in total. The number of anilines is 2. The maximum atomic E-state index is 12.9. The monoisotopic (exact) mass is 204 g/mol. The van der Waals surface area contributed by atoms with Crippen LogP contribution in [-0.4, -0.2) is 14.7 Å². The minimum atomic E-state index is -3.46. The Morgan fingerprint density at radius 2 is 2.08 bits per heavy atom. The van der Waals surface area contributed by atoms with Gasteiger partial charge < -0.3 is 5.73 Å². The molecule has 0 aliphatic carbocycles. The van der Waals surface area contributed by atoms with Crippen LogP contribution in [-0.2, 0) is 10.0 Å². The highest BCUT2D eigenvalue weighted by molar-refractivity contribution is 7.92. The number of sulfonamides is 1. The number of nitrogen functional groups attached to an aromatic ring is 1. The fourth-order valence-corrected chi connectivity index (χ4v) is 1.38. The van der Waals surface area contributed by atoms with Crippen molar-refractivity contribution < 1.29 is 12.8 Å². The van der Waals surface area contributed by atoms with E-state index < -0.39 is 15.8 Å². The second kappa shape index (κ2) is 3.21. The Morgan fingerprint density at radius 3 is 2.62 bits per heavy atom. The fraction of sp³-hybridized carbons (Fsp3) is 0.143. The number of benzene rings is 1. The Labute approximate surface area is 75.6 Å². The van der Waals surface area contributed by atoms with Gasteiger partial charge in [-0.2, -0.15) is 0 Å². The summed E-state index contributed by atoms with van der Waals surface area (Å²) < 4.78 is 36.4. The molecule has 1 aromatic carbocycles. The summed E-state index contributed by atoms with van der Waals surface area (Å²) in [6, 6.07) is 3.67. The molecule has 0 radical (unpaired) electrons. The molecule has 0 bridgehead atoms. The first-order chi connectivity index (χ1) is 5.88. The zero-order valence-electron chi connectivity index (χ0n) is 6.91. The summed E-state index contributed by atoms with van der Waals surface area (Å²) in [5.41, 5.74) is 5.51. The van der Waals surface area contributed by atoms with E-state index in [4.69, 9.17) is 5.73 Å². The Bertz CT molecular complexity index is 417. The zero-order chi connectivity index (χ0) is 10.1. The molecule has 6 heteroatoms. The predicted molar refractivity (Wildman–Crippen MR) is 49.3 cm³/mol. The molecule has 0 amide bonds. The second-order valence-corrected chi connectivity index (χ2v) is 4.36. The van der Waals surface area contributed by atoms with E-state index >= 15 is 0 Å². The summed E-state index contributed by atoms with van der Waals surface area (Å²) >= 11 is 0. The maximum absolute atomic E-state index is 12.9. The van der Waals surface area contributed by atoms with Crippen molar-refractivity contribution in [2.45, 2.75) is 0 Å². The summed E-state index contributed by atoms with van der Waals surface area (Å²) in [5.74, 6) is -0.653. The number of nitrogens with one attached hydrogen (secondary N) is 1. The predicted octanol–water partition coefficient (Wildman–Crippen LogP) is 0.779. The summed E-state index contributed by atoms with van der Waals surface area (Å²) in [7, 11) is -3.46. The molecular formula is C7H9FN2O2S. The molecule has 72 valence electrons. The van der Waals surface area contributed by atoms with Crippen LogP contribution in [0.4, 0.5) is 15.8 Å². The minimum absolute atomic E-state index is 0.137. The van der Waals surface area contributed by atoms with Crippen molar-refractivity contribution in [3.05, 3.63) is 24.0 Å². The van der Waals surface area contributed by atoms with Crippen molar-refractivity contribution in [1.82, 2.24) is 0 Å². The largest absolute Gasteiger partial charge is 0.399 e. The van der Waals surface area contributed by atoms with Gasteiger partial charge >= 0.3 is 0 Å². The number of hydrogen-bond acceptors (Lipinski definition) is 3. The van der Waals surface area contributed by atoms with Crippen LogP contribution in [0.5, 0.6) is 0 Å². The van der Waals surface area contributed by atoms with Crippen molar-refractivity contribution in [3.8, 4) is 0 Å². The Kier molecular flexibility index (Phi) is 2.42. The van der Waals surface area contributed by atoms with Gasteiger partial charge in [-0.1, -0.05) is 0 Å². The van der Waals surface area contributed by atoms with Gasteiger partial charge in [-0.3, -0.25) is 4.72 Å². The van der Waals surface area contributed by atoms with Crippen molar-refractivity contribution in [1.29, 1.82) is 0 Å². The van der Waals surface area contributed by atoms with Gasteiger partial charge in [-0.25, -0.2) is 12.8 Å². The molecule has 0 spiro atoms. The molecule has 0 fully saturated rings. The first-order valence-corrected chi connectivity index (χ1v) is 5.30. The van der Waals surface area contributed by atoms with Crippen LogP contribution < -0.4 is 10.5 Å². The van der Waals surface area contributed by atoms with Crippen LogP contribution in [0.1, 0.15) is 0 Å². The lowest BCUT2D eigenvalue weighted by molar-refractivity contribution is 0.604. The third-order valence-electron chi connectivity index (χ3n) is 1.29. The first kappa shape index (κ1) is 9.79. The quantitative estimate of drug-likeness (QED) is 0.699. The average molecular weight is 204 g/mol. The molecule has 3 N–H and O–H groups in total. The first-order valence-electron chi connectivity index (χ1n) is 3.41. The van der Waals surface area contributed by atoms with Gasteiger partial charge in [0.05, 0.1) is 11.9 Å². The Balaban J connectivity index is 3.08. The zero-order valence-corrected chi connectivity index (χ0v) is 7.73. The third kappa shape index (κ3) is 2.90. The van der Waals surface area contributed by atoms with Gasteiger partial charge in [0, 0.05) is 5.69 Å². The van der Waals surface area contributed by atoms with E-state index in [9.17, 15) is 12.8 Å². The number of rotatable bonds is 2. The lowest BCUT2D eigenvalue weighted by Crippen LogP contribution is -2.11. The maximum Gasteiger partial charge on any atom is 0.229 e. The second-order valence-electron chi connectivity index (χ2n) is 2.61. The summed E-state index contributed by atoms with van der Waals surface area (Å²) in [4.78, 5) is 0. The molecule has 0 heterocycles. The third-order valence-corrected chi connectivity index (χ3v) is 1.88. The number of halogens is 1. The van der Waals surface area contributed by atoms with Crippen molar-refractivity contribution >= 4 is 21.4 Å². The molecule has 1 aromatic rings. The highest BCUT2D eigenvalue weighted by atomic mass is 32.2. The van der Waals surface area contributed by atoms with E-state index in [1.54, 1.807) is 0 Å². The SMILES string of the molecule is CS(=O)(=O)Nc1cc(N)ccc1F. The van der Waals surface area contributed by atoms with Gasteiger partial charge in [-0.05, 0) is 18.2 Å². The molecule has 0 aromatic heterocycles. The van der Waals surface area contributed by atoms with E-state index in [0.717, 1.165) is 12.3 Å². The normalized spacial score (nSPS) is 11.2. The molecule has 0 saturated carbocycles. The average Bonchev–Trinajstić information content (AvgIpc) is 1.94. The van der Waals surface area contributed by atoms with E-state index in [2.05, 4.69) is 0 Å². The number of hydrogen-bond donors (Lipinski definition) is 2. The topological polar surface area (TPSA) is 72.2 Å². The molecule has 13 heavy (non-hydrogen) atoms. The molecule has 0 aliphatic heterocycles. The molecule has 1 rings (SSSR count). The van der Waals surface area contributed by atoms with Crippen molar-refractivity contribution in [2.24, 2.45) is 0 Å². The van der Waals surface area contributed by atoms with Crippen LogP contribution in [0, 0.1) is 5.82 Å². The van der Waals surface area contributed by atoms with E-state index in [1.165, 1.54) is 12.1 Å². The lowest BCUT2D eigenvalue weighted by atomic mass is 10.3. The number of nitrogens with two attached hydrogens (primary N) is 1. The fourth-order valence-electron chi connectivity index (χ4n) is 0.821. The Morgan fingerprint density at radius 1 is 1.46 bits per heavy atom. The van der Waals surface area contributed by atoms with Crippen molar-refractivity contribution in [2.75, 3.05) is 16.7 Å². The standard InChI is InChI=1S/C7H9FN2O2S/c1-13(11,12)10-7-4-5(9)2-3-6(7)8/h2-4,10H,9H2,1H3. The van der Waals surface area contributed by atoms with Crippen LogP contribution >= 0.6 is 0 Å². The van der Waals surface area contributed by atoms with Gasteiger partial charge in [-0.15, -0.1) is 0 Å². The van der Waals surface area contributed by atoms with Gasteiger partial charge in [0.1, 0.15) is 5.82 Å². The van der Waals surface area contributed by atoms with Gasteiger partial charge in [0.25, 0.3) is 0 Å². The summed E-state index contributed by atoms with van der Waals surface area (Å²) in [5, 5.41) is 0. The van der Waals surface area contributed by atoms with Crippen LogP contribution in [0.3, 0.4) is 0 Å². The van der Waals surface area contributed by atoms with Crippen LogP contribution in [0.25, 0.3) is 0 Å². The minimum Gasteiger partial charge on any atom is -0.399 e. The summed E-state index contributed by atoms with van der Waals surface area (Å²) in [6.45, 7) is 0. The lowest BCUT2D eigenvalue weighted by Gasteiger charge is -2.05. The highest BCUT2D eigenvalue weighted by Gasteiger charge is 2.06. The smallest absolute Gasteiger partial charge is 0.229 e. The molecule has 0 unspecified atom stereocenters. The van der Waals surface area contributed by atoms with E-state index in [0.29, 0.717) is 5.69 Å². The van der Waals surface area contributed by atoms with Crippen LogP contribution in [0.15, 0.2) is 18.2 Å².